The Labute approximate surface area is 128 Å². The molecular formula is C16H19N3O3. The molecule has 3 amide bonds. The lowest BCUT2D eigenvalue weighted by atomic mass is 9.85. The van der Waals surface area contributed by atoms with E-state index in [4.69, 9.17) is 0 Å². The number of likely N-dealkylation sites (N-methyl/N-ethyl adjacent to an activating group) is 1. The molecule has 2 aliphatic heterocycles. The zero-order valence-electron chi connectivity index (χ0n) is 12.4. The molecular weight excluding hydrogens is 282 g/mol. The SMILES string of the molecule is CN1C(=O)NC(=O)[C@@]12CC1=CC3=C(C=CC(CO)N3)CC1C2. The lowest BCUT2D eigenvalue weighted by molar-refractivity contribution is -0.126. The summed E-state index contributed by atoms with van der Waals surface area (Å²) in [5.41, 5.74) is 2.75. The second-order valence-corrected chi connectivity index (χ2v) is 6.58. The summed E-state index contributed by atoms with van der Waals surface area (Å²) in [6.45, 7) is 0.0590. The van der Waals surface area contributed by atoms with Crippen LogP contribution >= 0.6 is 0 Å². The molecule has 2 aliphatic carbocycles. The highest BCUT2D eigenvalue weighted by atomic mass is 16.3. The molecule has 0 bridgehead atoms. The lowest BCUT2D eigenvalue weighted by Crippen LogP contribution is -2.45. The van der Waals surface area contributed by atoms with Gasteiger partial charge < -0.3 is 15.3 Å². The lowest BCUT2D eigenvalue weighted by Gasteiger charge is -2.28. The molecule has 2 heterocycles. The zero-order valence-corrected chi connectivity index (χ0v) is 12.4. The van der Waals surface area contributed by atoms with Crippen molar-refractivity contribution in [3.63, 3.8) is 0 Å². The highest BCUT2D eigenvalue weighted by molar-refractivity contribution is 6.07. The van der Waals surface area contributed by atoms with Crippen LogP contribution in [0.1, 0.15) is 19.3 Å². The summed E-state index contributed by atoms with van der Waals surface area (Å²) in [4.78, 5) is 25.7. The van der Waals surface area contributed by atoms with Gasteiger partial charge in [-0.25, -0.2) is 4.79 Å². The Bertz CT molecular complexity index is 664. The van der Waals surface area contributed by atoms with E-state index in [1.807, 2.05) is 6.08 Å². The maximum atomic E-state index is 12.3. The van der Waals surface area contributed by atoms with Crippen LogP contribution in [0.25, 0.3) is 0 Å². The van der Waals surface area contributed by atoms with E-state index in [1.165, 1.54) is 11.1 Å². The number of hydrogen-bond donors (Lipinski definition) is 3. The Balaban J connectivity index is 1.64. The first kappa shape index (κ1) is 13.6. The van der Waals surface area contributed by atoms with Crippen molar-refractivity contribution in [1.29, 1.82) is 0 Å². The van der Waals surface area contributed by atoms with Crippen molar-refractivity contribution in [3.05, 3.63) is 35.1 Å². The van der Waals surface area contributed by atoms with Crippen LogP contribution in [-0.2, 0) is 4.79 Å². The van der Waals surface area contributed by atoms with E-state index >= 15 is 0 Å². The van der Waals surface area contributed by atoms with Gasteiger partial charge in [0.25, 0.3) is 5.91 Å². The van der Waals surface area contributed by atoms with Crippen LogP contribution in [0.5, 0.6) is 0 Å². The monoisotopic (exact) mass is 301 g/mol. The number of rotatable bonds is 1. The molecule has 4 rings (SSSR count). The van der Waals surface area contributed by atoms with Gasteiger partial charge in [-0.15, -0.1) is 0 Å². The predicted octanol–water partition coefficient (Wildman–Crippen LogP) is 0.421. The third-order valence-electron chi connectivity index (χ3n) is 5.40. The van der Waals surface area contributed by atoms with Gasteiger partial charge >= 0.3 is 6.03 Å². The van der Waals surface area contributed by atoms with E-state index in [2.05, 4.69) is 22.8 Å². The minimum atomic E-state index is -0.720. The molecule has 1 saturated carbocycles. The van der Waals surface area contributed by atoms with Crippen LogP contribution in [0.15, 0.2) is 35.1 Å². The Morgan fingerprint density at radius 2 is 2.27 bits per heavy atom. The third kappa shape index (κ3) is 1.70. The van der Waals surface area contributed by atoms with Crippen LogP contribution < -0.4 is 10.6 Å². The maximum absolute atomic E-state index is 12.3. The van der Waals surface area contributed by atoms with E-state index < -0.39 is 5.54 Å². The highest BCUT2D eigenvalue weighted by Gasteiger charge is 2.57. The molecule has 0 aromatic heterocycles. The Kier molecular flexibility index (Phi) is 2.75. The number of hydrogen-bond acceptors (Lipinski definition) is 4. The number of carbonyl (C=O) groups excluding carboxylic acids is 2. The Hall–Kier alpha value is -2.08. The smallest absolute Gasteiger partial charge is 0.324 e. The zero-order chi connectivity index (χ0) is 15.5. The quantitative estimate of drug-likeness (QED) is 0.613. The van der Waals surface area contributed by atoms with E-state index in [9.17, 15) is 14.7 Å². The fourth-order valence-corrected chi connectivity index (χ4v) is 4.07. The number of imide groups is 1. The molecule has 2 unspecified atom stereocenters. The van der Waals surface area contributed by atoms with Crippen molar-refractivity contribution in [2.75, 3.05) is 13.7 Å². The first-order chi connectivity index (χ1) is 10.5. The molecule has 3 N–H and O–H groups in total. The molecule has 1 spiro atoms. The number of carbonyl (C=O) groups is 2. The van der Waals surface area contributed by atoms with Crippen molar-refractivity contribution < 1.29 is 14.7 Å². The molecule has 116 valence electrons. The minimum absolute atomic E-state index is 0.0541. The number of amides is 3. The fraction of sp³-hybridized carbons (Fsp3) is 0.500. The first-order valence-electron chi connectivity index (χ1n) is 7.62. The Morgan fingerprint density at radius 3 is 2.95 bits per heavy atom. The van der Waals surface area contributed by atoms with E-state index in [1.54, 1.807) is 11.9 Å². The first-order valence-corrected chi connectivity index (χ1v) is 7.62. The van der Waals surface area contributed by atoms with Gasteiger partial charge in [-0.3, -0.25) is 10.1 Å². The van der Waals surface area contributed by atoms with Gasteiger partial charge in [0, 0.05) is 19.2 Å². The molecule has 22 heavy (non-hydrogen) atoms. The second kappa shape index (κ2) is 4.46. The fourth-order valence-electron chi connectivity index (χ4n) is 4.07. The molecule has 3 atom stereocenters. The summed E-state index contributed by atoms with van der Waals surface area (Å²) in [7, 11) is 1.70. The number of fused-ring (bicyclic) bond motifs is 1. The van der Waals surface area contributed by atoms with E-state index in [0.29, 0.717) is 18.8 Å². The standard InChI is InChI=1S/C16H19N3O3/c1-19-15(22)18-14(21)16(19)6-10-4-9-2-3-12(8-20)17-13(9)5-11(10)7-16/h2-3,5,10,12,17,20H,4,6-8H2,1H3,(H,18,21,22)/t10?,12?,16-/m1/s1. The summed E-state index contributed by atoms with van der Waals surface area (Å²) in [5, 5.41) is 15.0. The molecule has 0 aromatic carbocycles. The Morgan fingerprint density at radius 1 is 1.45 bits per heavy atom. The van der Waals surface area contributed by atoms with Crippen LogP contribution in [0, 0.1) is 5.92 Å². The van der Waals surface area contributed by atoms with Crippen LogP contribution in [0.2, 0.25) is 0 Å². The summed E-state index contributed by atoms with van der Waals surface area (Å²) in [6.07, 6.45) is 8.29. The number of dihydropyridines is 1. The average Bonchev–Trinajstić information content (AvgIpc) is 2.98. The molecule has 0 radical (unpaired) electrons. The van der Waals surface area contributed by atoms with Gasteiger partial charge in [0.05, 0.1) is 12.6 Å². The topological polar surface area (TPSA) is 81.7 Å². The predicted molar refractivity (Wildman–Crippen MR) is 79.6 cm³/mol. The number of aliphatic hydroxyl groups excluding tert-OH is 1. The normalized spacial score (nSPS) is 36.3. The number of urea groups is 1. The van der Waals surface area contributed by atoms with Crippen LogP contribution in [-0.4, -0.2) is 47.2 Å². The van der Waals surface area contributed by atoms with Crippen molar-refractivity contribution in [1.82, 2.24) is 15.5 Å². The molecule has 4 aliphatic rings. The van der Waals surface area contributed by atoms with Crippen molar-refractivity contribution in [2.45, 2.75) is 30.8 Å². The second-order valence-electron chi connectivity index (χ2n) is 6.58. The molecule has 0 aromatic rings. The summed E-state index contributed by atoms with van der Waals surface area (Å²) in [6, 6.07) is -0.359. The third-order valence-corrected chi connectivity index (χ3v) is 5.40. The van der Waals surface area contributed by atoms with Crippen molar-refractivity contribution in [3.8, 4) is 0 Å². The van der Waals surface area contributed by atoms with Gasteiger partial charge in [-0.05, 0) is 30.4 Å². The minimum Gasteiger partial charge on any atom is -0.394 e. The number of allylic oxidation sites excluding steroid dienone is 3. The molecule has 6 heteroatoms. The summed E-state index contributed by atoms with van der Waals surface area (Å²) < 4.78 is 0. The maximum Gasteiger partial charge on any atom is 0.324 e. The molecule has 2 fully saturated rings. The van der Waals surface area contributed by atoms with Gasteiger partial charge in [0.1, 0.15) is 5.54 Å². The number of aliphatic hydroxyl groups is 1. The molecule has 6 nitrogen and oxygen atoms in total. The highest BCUT2D eigenvalue weighted by Crippen LogP contribution is 2.49. The molecule has 1 saturated heterocycles. The van der Waals surface area contributed by atoms with Crippen molar-refractivity contribution in [2.24, 2.45) is 5.92 Å². The summed E-state index contributed by atoms with van der Waals surface area (Å²) >= 11 is 0. The van der Waals surface area contributed by atoms with Gasteiger partial charge in [-0.2, -0.15) is 0 Å². The van der Waals surface area contributed by atoms with E-state index in [-0.39, 0.29) is 24.6 Å². The average molecular weight is 301 g/mol. The van der Waals surface area contributed by atoms with Gasteiger partial charge in [0.15, 0.2) is 0 Å². The number of nitrogens with one attached hydrogen (secondary N) is 2. The van der Waals surface area contributed by atoms with Gasteiger partial charge in [-0.1, -0.05) is 17.7 Å². The number of nitrogens with zero attached hydrogens (tertiary/aromatic N) is 1. The largest absolute Gasteiger partial charge is 0.394 e. The van der Waals surface area contributed by atoms with E-state index in [0.717, 1.165) is 12.1 Å². The van der Waals surface area contributed by atoms with Gasteiger partial charge in [0.2, 0.25) is 0 Å². The van der Waals surface area contributed by atoms with Crippen molar-refractivity contribution >= 4 is 11.9 Å². The van der Waals surface area contributed by atoms with Crippen LogP contribution in [0.4, 0.5) is 4.79 Å². The summed E-state index contributed by atoms with van der Waals surface area (Å²) in [5.74, 6) is 0.125. The van der Waals surface area contributed by atoms with Crippen LogP contribution in [0.3, 0.4) is 0 Å².